The third kappa shape index (κ3) is 3.25. The van der Waals surface area contributed by atoms with E-state index in [9.17, 15) is 4.79 Å². The van der Waals surface area contributed by atoms with Crippen LogP contribution >= 0.6 is 0 Å². The minimum Gasteiger partial charge on any atom is -0.356 e. The second-order valence-corrected chi connectivity index (χ2v) is 8.11. The Morgan fingerprint density at radius 2 is 1.86 bits per heavy atom. The van der Waals surface area contributed by atoms with Crippen LogP contribution in [0.4, 0.5) is 5.82 Å². The van der Waals surface area contributed by atoms with Gasteiger partial charge < -0.3 is 4.90 Å². The molecular weight excluding hydrogens is 364 g/mol. The summed E-state index contributed by atoms with van der Waals surface area (Å²) in [6.07, 6.45) is 5.86. The monoisotopic (exact) mass is 386 g/mol. The molecular formula is C22H22N6O. The van der Waals surface area contributed by atoms with Crippen LogP contribution in [0.5, 0.6) is 0 Å². The third-order valence-electron chi connectivity index (χ3n) is 6.43. The number of nitriles is 1. The average molecular weight is 386 g/mol. The molecule has 0 N–H and O–H groups in total. The van der Waals surface area contributed by atoms with Gasteiger partial charge in [-0.15, -0.1) is 0 Å². The van der Waals surface area contributed by atoms with E-state index in [2.05, 4.69) is 38.2 Å². The molecule has 1 aromatic carbocycles. The second-order valence-electron chi connectivity index (χ2n) is 8.11. The first kappa shape index (κ1) is 17.8. The summed E-state index contributed by atoms with van der Waals surface area (Å²) in [4.78, 5) is 23.7. The van der Waals surface area contributed by atoms with Gasteiger partial charge >= 0.3 is 0 Å². The molecule has 1 amide bonds. The fraction of sp³-hybridized carbons (Fsp3) is 0.409. The lowest BCUT2D eigenvalue weighted by molar-refractivity contribution is -0.137. The minimum atomic E-state index is 0.0195. The average Bonchev–Trinajstić information content (AvgIpc) is 3.48. The van der Waals surface area contributed by atoms with E-state index in [1.54, 1.807) is 11.1 Å². The van der Waals surface area contributed by atoms with E-state index in [4.69, 9.17) is 5.26 Å². The van der Waals surface area contributed by atoms with Crippen molar-refractivity contribution in [3.05, 3.63) is 54.0 Å². The molecule has 0 spiro atoms. The Balaban J connectivity index is 1.25. The van der Waals surface area contributed by atoms with Crippen molar-refractivity contribution in [2.45, 2.75) is 25.3 Å². The number of hydrazone groups is 1. The predicted octanol–water partition coefficient (Wildman–Crippen LogP) is 2.77. The molecule has 1 aromatic heterocycles. The maximum Gasteiger partial charge on any atom is 0.246 e. The number of nitrogens with zero attached hydrogens (tertiary/aromatic N) is 6. The van der Waals surface area contributed by atoms with Gasteiger partial charge in [0.05, 0.1) is 6.04 Å². The molecule has 1 saturated carbocycles. The van der Waals surface area contributed by atoms with Crippen LogP contribution in [0.1, 0.15) is 36.6 Å². The fourth-order valence-corrected chi connectivity index (χ4v) is 5.04. The Morgan fingerprint density at radius 1 is 1.10 bits per heavy atom. The topological polar surface area (TPSA) is 85.5 Å². The van der Waals surface area contributed by atoms with Crippen LogP contribution in [-0.4, -0.2) is 40.2 Å². The summed E-state index contributed by atoms with van der Waals surface area (Å²) in [5, 5.41) is 15.2. The standard InChI is InChI=1S/C22H22N6O/c23-11-19-10-21(25-14-24-19)27-12-17-8-16(9-18(17)13-27)22(29)28-20(6-7-26-28)15-4-2-1-3-5-15/h1-5,7,10,14,16-18,20H,6,8-9,12-13H2/t16?,17-,18+,20-/m0/s1. The van der Waals surface area contributed by atoms with Crippen LogP contribution in [0.3, 0.4) is 0 Å². The quantitative estimate of drug-likeness (QED) is 0.810. The largest absolute Gasteiger partial charge is 0.356 e. The molecule has 146 valence electrons. The van der Waals surface area contributed by atoms with Gasteiger partial charge in [-0.3, -0.25) is 4.79 Å². The molecule has 3 aliphatic rings. The molecule has 1 aliphatic carbocycles. The molecule has 0 bridgehead atoms. The maximum absolute atomic E-state index is 13.2. The smallest absolute Gasteiger partial charge is 0.246 e. The van der Waals surface area contributed by atoms with Gasteiger partial charge in [-0.05, 0) is 30.2 Å². The Kier molecular flexibility index (Phi) is 4.47. The van der Waals surface area contributed by atoms with E-state index in [0.717, 1.165) is 43.7 Å². The van der Waals surface area contributed by atoms with Gasteiger partial charge in [-0.25, -0.2) is 15.0 Å². The van der Waals surface area contributed by atoms with Crippen molar-refractivity contribution < 1.29 is 4.79 Å². The van der Waals surface area contributed by atoms with Crippen LogP contribution in [-0.2, 0) is 4.79 Å². The number of benzene rings is 1. The van der Waals surface area contributed by atoms with Crippen molar-refractivity contribution in [1.29, 1.82) is 5.26 Å². The van der Waals surface area contributed by atoms with Gasteiger partial charge in [-0.1, -0.05) is 30.3 Å². The number of aromatic nitrogens is 2. The van der Waals surface area contributed by atoms with Crippen LogP contribution < -0.4 is 4.90 Å². The Labute approximate surface area is 169 Å². The lowest BCUT2D eigenvalue weighted by atomic mass is 10.0. The summed E-state index contributed by atoms with van der Waals surface area (Å²) in [6, 6.07) is 14.0. The van der Waals surface area contributed by atoms with Crippen LogP contribution in [0.2, 0.25) is 0 Å². The van der Waals surface area contributed by atoms with E-state index in [1.165, 1.54) is 6.33 Å². The highest BCUT2D eigenvalue weighted by atomic mass is 16.2. The highest BCUT2D eigenvalue weighted by molar-refractivity contribution is 5.82. The number of carbonyl (C=O) groups excluding carboxylic acids is 1. The minimum absolute atomic E-state index is 0.0195. The Bertz CT molecular complexity index is 970. The summed E-state index contributed by atoms with van der Waals surface area (Å²) in [7, 11) is 0. The molecule has 2 fully saturated rings. The van der Waals surface area contributed by atoms with E-state index in [1.807, 2.05) is 24.4 Å². The van der Waals surface area contributed by atoms with Gasteiger partial charge in [0.1, 0.15) is 23.9 Å². The van der Waals surface area contributed by atoms with E-state index < -0.39 is 0 Å². The molecule has 2 aromatic rings. The lowest BCUT2D eigenvalue weighted by Crippen LogP contribution is -2.33. The number of anilines is 1. The van der Waals surface area contributed by atoms with Crippen molar-refractivity contribution in [3.8, 4) is 6.07 Å². The van der Waals surface area contributed by atoms with Gasteiger partial charge in [-0.2, -0.15) is 10.4 Å². The van der Waals surface area contributed by atoms with Crippen molar-refractivity contribution in [2.75, 3.05) is 18.0 Å². The van der Waals surface area contributed by atoms with E-state index in [0.29, 0.717) is 17.5 Å². The van der Waals surface area contributed by atoms with Gasteiger partial charge in [0.15, 0.2) is 0 Å². The van der Waals surface area contributed by atoms with Gasteiger partial charge in [0, 0.05) is 37.7 Å². The fourth-order valence-electron chi connectivity index (χ4n) is 5.04. The SMILES string of the molecule is N#Cc1cc(N2C[C@H]3CC(C(=O)N4N=CC[C@H]4c4ccccc4)C[C@H]3C2)ncn1. The van der Waals surface area contributed by atoms with Gasteiger partial charge in [0.2, 0.25) is 5.91 Å². The number of hydrogen-bond acceptors (Lipinski definition) is 6. The Morgan fingerprint density at radius 3 is 2.59 bits per heavy atom. The highest BCUT2D eigenvalue weighted by Gasteiger charge is 2.46. The molecule has 1 unspecified atom stereocenters. The molecule has 2 aliphatic heterocycles. The molecule has 29 heavy (non-hydrogen) atoms. The molecule has 4 atom stereocenters. The van der Waals surface area contributed by atoms with Crippen LogP contribution in [0, 0.1) is 29.1 Å². The van der Waals surface area contributed by atoms with E-state index in [-0.39, 0.29) is 17.9 Å². The third-order valence-corrected chi connectivity index (χ3v) is 6.43. The lowest BCUT2D eigenvalue weighted by Gasteiger charge is -2.26. The first-order chi connectivity index (χ1) is 14.2. The van der Waals surface area contributed by atoms with Gasteiger partial charge in [0.25, 0.3) is 0 Å². The van der Waals surface area contributed by atoms with Crippen LogP contribution in [0.25, 0.3) is 0 Å². The predicted molar refractivity (Wildman–Crippen MR) is 108 cm³/mol. The zero-order valence-corrected chi connectivity index (χ0v) is 16.1. The molecule has 7 nitrogen and oxygen atoms in total. The van der Waals surface area contributed by atoms with E-state index >= 15 is 0 Å². The zero-order valence-electron chi connectivity index (χ0n) is 16.1. The maximum atomic E-state index is 13.2. The molecule has 1 saturated heterocycles. The molecule has 3 heterocycles. The normalized spacial score (nSPS) is 27.8. The number of amides is 1. The summed E-state index contributed by atoms with van der Waals surface area (Å²) < 4.78 is 0. The first-order valence-electron chi connectivity index (χ1n) is 10.1. The zero-order chi connectivity index (χ0) is 19.8. The molecule has 0 radical (unpaired) electrons. The summed E-state index contributed by atoms with van der Waals surface area (Å²) >= 11 is 0. The summed E-state index contributed by atoms with van der Waals surface area (Å²) in [5.74, 6) is 1.95. The second kappa shape index (κ2) is 7.28. The highest BCUT2D eigenvalue weighted by Crippen LogP contribution is 2.44. The molecule has 5 rings (SSSR count). The summed E-state index contributed by atoms with van der Waals surface area (Å²) in [6.45, 7) is 1.75. The summed E-state index contributed by atoms with van der Waals surface area (Å²) in [5.41, 5.74) is 1.53. The van der Waals surface area contributed by atoms with Crippen molar-refractivity contribution in [1.82, 2.24) is 15.0 Å². The van der Waals surface area contributed by atoms with Crippen molar-refractivity contribution in [2.24, 2.45) is 22.9 Å². The number of fused-ring (bicyclic) bond motifs is 1. The number of rotatable bonds is 3. The number of hydrogen-bond donors (Lipinski definition) is 0. The molecule has 7 heteroatoms. The van der Waals surface area contributed by atoms with Crippen molar-refractivity contribution in [3.63, 3.8) is 0 Å². The Hall–Kier alpha value is -3.27. The first-order valence-corrected chi connectivity index (χ1v) is 10.1. The van der Waals surface area contributed by atoms with Crippen molar-refractivity contribution >= 4 is 17.9 Å². The van der Waals surface area contributed by atoms with Crippen LogP contribution in [0.15, 0.2) is 47.8 Å². The number of carbonyl (C=O) groups is 1.